The van der Waals surface area contributed by atoms with Crippen molar-refractivity contribution in [3.8, 4) is 5.75 Å². The second-order valence-electron chi connectivity index (χ2n) is 6.55. The highest BCUT2D eigenvalue weighted by Gasteiger charge is 2.21. The Bertz CT molecular complexity index is 690. The topological polar surface area (TPSA) is 68.1 Å². The van der Waals surface area contributed by atoms with E-state index in [4.69, 9.17) is 15.8 Å². The fourth-order valence-electron chi connectivity index (χ4n) is 2.15. The normalized spacial score (nSPS) is 11.8. The summed E-state index contributed by atoms with van der Waals surface area (Å²) < 4.78 is 28.8. The number of quaternary nitrogens is 1. The number of nitrogens with one attached hydrogen (secondary N) is 1. The van der Waals surface area contributed by atoms with Crippen molar-refractivity contribution in [1.29, 1.82) is 0 Å². The van der Waals surface area contributed by atoms with E-state index in [9.17, 15) is 13.2 Å². The van der Waals surface area contributed by atoms with E-state index in [2.05, 4.69) is 0 Å². The zero-order valence-corrected chi connectivity index (χ0v) is 17.1. The van der Waals surface area contributed by atoms with Crippen LogP contribution in [-0.4, -0.2) is 52.2 Å². The fraction of sp³-hybridized carbons (Fsp3) is 0.588. The summed E-state index contributed by atoms with van der Waals surface area (Å²) in [6.45, 7) is 6.79. The van der Waals surface area contributed by atoms with Gasteiger partial charge in [-0.15, -0.1) is 0 Å². The van der Waals surface area contributed by atoms with E-state index in [1.165, 1.54) is 17.9 Å². The molecule has 0 aliphatic rings. The molecule has 0 heterocycles. The third-order valence-electron chi connectivity index (χ3n) is 3.64. The van der Waals surface area contributed by atoms with Crippen molar-refractivity contribution < 1.29 is 22.3 Å². The van der Waals surface area contributed by atoms with Crippen LogP contribution in [0.1, 0.15) is 26.3 Å². The summed E-state index contributed by atoms with van der Waals surface area (Å²) in [5.74, 6) is -0.0659. The quantitative estimate of drug-likeness (QED) is 0.642. The minimum absolute atomic E-state index is 0.00511. The van der Waals surface area contributed by atoms with Crippen LogP contribution < -0.4 is 9.08 Å². The van der Waals surface area contributed by atoms with Gasteiger partial charge in [-0.1, -0.05) is 25.4 Å². The first-order valence-corrected chi connectivity index (χ1v) is 10.3. The molecule has 0 spiro atoms. The van der Waals surface area contributed by atoms with Crippen molar-refractivity contribution in [2.75, 3.05) is 32.9 Å². The molecule has 0 aromatic heterocycles. The summed E-state index contributed by atoms with van der Waals surface area (Å²) in [5.41, 5.74) is 0.576. The minimum atomic E-state index is -3.66. The van der Waals surface area contributed by atoms with Crippen molar-refractivity contribution >= 4 is 27.6 Å². The van der Waals surface area contributed by atoms with Crippen LogP contribution in [0.15, 0.2) is 18.2 Å². The van der Waals surface area contributed by atoms with Gasteiger partial charge in [-0.3, -0.25) is 4.79 Å². The smallest absolute Gasteiger partial charge is 0.308 e. The van der Waals surface area contributed by atoms with Gasteiger partial charge in [-0.05, 0) is 25.1 Å². The summed E-state index contributed by atoms with van der Waals surface area (Å²) in [6, 6.07) is 4.75. The summed E-state index contributed by atoms with van der Waals surface area (Å²) in [4.78, 5) is 15.5. The van der Waals surface area contributed by atoms with Crippen LogP contribution in [0.3, 0.4) is 0 Å². The Balaban J connectivity index is 3.13. The Morgan fingerprint density at radius 3 is 2.48 bits per heavy atom. The van der Waals surface area contributed by atoms with Gasteiger partial charge in [0.25, 0.3) is 0 Å². The summed E-state index contributed by atoms with van der Waals surface area (Å²) in [6.07, 6.45) is 0. The zero-order valence-electron chi connectivity index (χ0n) is 15.5. The molecule has 0 aliphatic heterocycles. The van der Waals surface area contributed by atoms with Gasteiger partial charge >= 0.3 is 10.1 Å². The molecule has 1 aromatic rings. The highest BCUT2D eigenvalue weighted by molar-refractivity contribution is 7.87. The van der Waals surface area contributed by atoms with Gasteiger partial charge in [-0.2, -0.15) is 8.42 Å². The van der Waals surface area contributed by atoms with Crippen LogP contribution in [0.2, 0.25) is 5.02 Å². The third kappa shape index (κ3) is 7.22. The zero-order chi connectivity index (χ0) is 19.2. The molecular formula is C17H28ClN2O4S+. The number of nitrogens with zero attached hydrogens (tertiary/aromatic N) is 1. The molecule has 1 aromatic carbocycles. The van der Waals surface area contributed by atoms with Gasteiger partial charge in [-0.25, -0.2) is 0 Å². The summed E-state index contributed by atoms with van der Waals surface area (Å²) >= 11 is 6.06. The number of halogens is 1. The molecule has 1 amide bonds. The lowest BCUT2D eigenvalue weighted by atomic mass is 10.1. The number of carbonyl (C=O) groups is 1. The van der Waals surface area contributed by atoms with Crippen molar-refractivity contribution in [3.05, 3.63) is 28.8 Å². The van der Waals surface area contributed by atoms with Gasteiger partial charge in [0.2, 0.25) is 5.91 Å². The Hall–Kier alpha value is -1.31. The molecule has 0 unspecified atom stereocenters. The Morgan fingerprint density at radius 2 is 1.96 bits per heavy atom. The molecule has 0 atom stereocenters. The van der Waals surface area contributed by atoms with Gasteiger partial charge in [0.05, 0.1) is 32.9 Å². The number of hydrogen-bond acceptors (Lipinski definition) is 4. The monoisotopic (exact) mass is 391 g/mol. The molecule has 0 aliphatic carbocycles. The first-order valence-electron chi connectivity index (χ1n) is 8.34. The number of rotatable bonds is 9. The van der Waals surface area contributed by atoms with Crippen molar-refractivity contribution in [1.82, 2.24) is 4.90 Å². The van der Waals surface area contributed by atoms with Gasteiger partial charge in [0.1, 0.15) is 5.75 Å². The van der Waals surface area contributed by atoms with E-state index < -0.39 is 10.1 Å². The first kappa shape index (κ1) is 21.7. The molecule has 142 valence electrons. The number of hydrogen-bond donors (Lipinski definition) is 1. The number of benzene rings is 1. The lowest BCUT2D eigenvalue weighted by molar-refractivity contribution is -0.857. The van der Waals surface area contributed by atoms with Crippen LogP contribution in [0.5, 0.6) is 5.75 Å². The Labute approximate surface area is 155 Å². The van der Waals surface area contributed by atoms with Gasteiger partial charge in [0, 0.05) is 23.0 Å². The molecular weight excluding hydrogens is 364 g/mol. The predicted octanol–water partition coefficient (Wildman–Crippen LogP) is 1.20. The molecule has 25 heavy (non-hydrogen) atoms. The van der Waals surface area contributed by atoms with E-state index in [0.29, 0.717) is 17.1 Å². The van der Waals surface area contributed by atoms with Gasteiger partial charge in [0.15, 0.2) is 0 Å². The van der Waals surface area contributed by atoms with E-state index in [0.717, 1.165) is 6.54 Å². The molecule has 0 fully saturated rings. The molecule has 0 saturated heterocycles. The average molecular weight is 392 g/mol. The Morgan fingerprint density at radius 1 is 1.32 bits per heavy atom. The van der Waals surface area contributed by atoms with Crippen LogP contribution in [0.25, 0.3) is 0 Å². The van der Waals surface area contributed by atoms with Crippen molar-refractivity contribution in [3.63, 3.8) is 0 Å². The largest absolute Gasteiger partial charge is 0.382 e. The van der Waals surface area contributed by atoms with Gasteiger partial charge < -0.3 is 14.0 Å². The standard InChI is InChI=1S/C17H27ClN2O4S/c1-6-25(22,23)24-16-8-7-15(18)11-14(16)12-20(10-9-19(4)5)17(21)13(2)3/h7-8,11,13H,6,9-10,12H2,1-5H3/p+1. The molecule has 0 saturated carbocycles. The maximum absolute atomic E-state index is 12.5. The molecule has 0 bridgehead atoms. The van der Waals surface area contributed by atoms with E-state index in [1.54, 1.807) is 17.0 Å². The maximum atomic E-state index is 12.5. The number of carbonyl (C=O) groups excluding carboxylic acids is 1. The molecule has 6 nitrogen and oxygen atoms in total. The molecule has 8 heteroatoms. The van der Waals surface area contributed by atoms with Crippen LogP contribution in [-0.2, 0) is 21.5 Å². The fourth-order valence-corrected chi connectivity index (χ4v) is 2.89. The highest BCUT2D eigenvalue weighted by atomic mass is 35.5. The molecule has 1 rings (SSSR count). The first-order chi connectivity index (χ1) is 11.6. The minimum Gasteiger partial charge on any atom is -0.382 e. The van der Waals surface area contributed by atoms with Crippen LogP contribution in [0, 0.1) is 5.92 Å². The molecule has 1 N–H and O–H groups in total. The lowest BCUT2D eigenvalue weighted by Crippen LogP contribution is -3.06. The average Bonchev–Trinajstić information content (AvgIpc) is 2.52. The van der Waals surface area contributed by atoms with E-state index >= 15 is 0 Å². The molecule has 0 radical (unpaired) electrons. The van der Waals surface area contributed by atoms with Crippen LogP contribution >= 0.6 is 11.6 Å². The summed E-state index contributed by atoms with van der Waals surface area (Å²) in [7, 11) is 0.371. The van der Waals surface area contributed by atoms with E-state index in [1.807, 2.05) is 27.9 Å². The van der Waals surface area contributed by atoms with Crippen molar-refractivity contribution in [2.24, 2.45) is 5.92 Å². The van der Waals surface area contributed by atoms with Crippen LogP contribution in [0.4, 0.5) is 0 Å². The SMILES string of the molecule is CCS(=O)(=O)Oc1ccc(Cl)cc1CN(CC[NH+](C)C)C(=O)C(C)C. The number of likely N-dealkylation sites (N-methyl/N-ethyl adjacent to an activating group) is 1. The number of amides is 1. The highest BCUT2D eigenvalue weighted by Crippen LogP contribution is 2.26. The summed E-state index contributed by atoms with van der Waals surface area (Å²) in [5, 5.41) is 0.464. The van der Waals surface area contributed by atoms with E-state index in [-0.39, 0.29) is 29.9 Å². The second kappa shape index (κ2) is 9.40. The maximum Gasteiger partial charge on any atom is 0.308 e. The third-order valence-corrected chi connectivity index (χ3v) is 5.02. The van der Waals surface area contributed by atoms with Crippen molar-refractivity contribution in [2.45, 2.75) is 27.3 Å². The lowest BCUT2D eigenvalue weighted by Gasteiger charge is -2.26. The Kier molecular flexibility index (Phi) is 8.18. The second-order valence-corrected chi connectivity index (χ2v) is 8.85. The predicted molar refractivity (Wildman–Crippen MR) is 99.5 cm³/mol.